The van der Waals surface area contributed by atoms with Crippen LogP contribution in [0.3, 0.4) is 0 Å². The van der Waals surface area contributed by atoms with Crippen molar-refractivity contribution in [2.45, 2.75) is 5.82 Å². The van der Waals surface area contributed by atoms with Gasteiger partial charge in [-0.25, -0.2) is 0 Å². The minimum absolute atomic E-state index is 0.0417. The summed E-state index contributed by atoms with van der Waals surface area (Å²) in [5.41, 5.74) is 0. The second kappa shape index (κ2) is 16.3. The molecule has 0 aliphatic rings. The van der Waals surface area contributed by atoms with Gasteiger partial charge in [0.1, 0.15) is 0 Å². The molecule has 4 heteroatoms. The van der Waals surface area contributed by atoms with Crippen LogP contribution in [-0.4, -0.2) is 32.0 Å². The van der Waals surface area contributed by atoms with Crippen LogP contribution in [0.2, 0.25) is 5.82 Å². The molecular formula is CH4Br2MgSe. The fraction of sp³-hybridized carbons (Fsp3) is 1.00. The van der Waals surface area contributed by atoms with E-state index in [1.807, 2.05) is 5.82 Å². The van der Waals surface area contributed by atoms with Crippen molar-refractivity contribution in [3.63, 3.8) is 0 Å². The Labute approximate surface area is 62.7 Å². The van der Waals surface area contributed by atoms with Gasteiger partial charge in [0.15, 0.2) is 0 Å². The molecule has 0 saturated heterocycles. The van der Waals surface area contributed by atoms with E-state index in [2.05, 4.69) is 41.8 Å². The van der Waals surface area contributed by atoms with Crippen molar-refractivity contribution in [2.75, 3.05) is 0 Å². The zero-order chi connectivity index (χ0) is 4.71. The summed E-state index contributed by atoms with van der Waals surface area (Å²) >= 11 is 8.76. The summed E-state index contributed by atoms with van der Waals surface area (Å²) < 4.78 is 0. The fourth-order valence-corrected chi connectivity index (χ4v) is 0. The van der Waals surface area contributed by atoms with Crippen LogP contribution in [0.5, 0.6) is 0 Å². The third kappa shape index (κ3) is 22.3. The van der Waals surface area contributed by atoms with Crippen LogP contribution < -0.4 is 0 Å². The summed E-state index contributed by atoms with van der Waals surface area (Å²) in [6.45, 7) is 0. The molecule has 0 aromatic rings. The van der Waals surface area contributed by atoms with Crippen molar-refractivity contribution in [2.24, 2.45) is 0 Å². The summed E-state index contributed by atoms with van der Waals surface area (Å²) in [5.74, 6) is 1.94. The number of halogens is 2. The Balaban J connectivity index is 0. The first-order valence-electron chi connectivity index (χ1n) is 0.982. The van der Waals surface area contributed by atoms with Crippen molar-refractivity contribution in [1.82, 2.24) is 0 Å². The van der Waals surface area contributed by atoms with Crippen LogP contribution in [0.1, 0.15) is 0 Å². The van der Waals surface area contributed by atoms with Gasteiger partial charge in [-0.2, -0.15) is 0 Å². The molecule has 0 spiro atoms. The average Bonchev–Trinajstić information content (AvgIpc) is 1.46. The van der Waals surface area contributed by atoms with E-state index in [9.17, 15) is 0 Å². The van der Waals surface area contributed by atoms with Gasteiger partial charge in [-0.1, -0.05) is 0 Å². The predicted molar refractivity (Wildman–Crippen MR) is 36.6 cm³/mol. The molecule has 0 N–H and O–H groups in total. The van der Waals surface area contributed by atoms with E-state index in [1.54, 1.807) is 0 Å². The van der Waals surface area contributed by atoms with E-state index in [4.69, 9.17) is 0 Å². The van der Waals surface area contributed by atoms with Crippen LogP contribution in [0, 0.1) is 0 Å². The van der Waals surface area contributed by atoms with Crippen LogP contribution in [0.25, 0.3) is 0 Å². The average molecular weight is 279 g/mol. The van der Waals surface area contributed by atoms with Crippen molar-refractivity contribution in [3.05, 3.63) is 0 Å². The largest absolute Gasteiger partial charge is 0.560 e. The van der Waals surface area contributed by atoms with Gasteiger partial charge in [0.05, 0.1) is 0 Å². The van der Waals surface area contributed by atoms with Crippen molar-refractivity contribution < 1.29 is 0 Å². The van der Waals surface area contributed by atoms with E-state index in [0.29, 0.717) is 0 Å². The third-order valence-electron chi connectivity index (χ3n) is 0. The monoisotopic (exact) mass is 278 g/mol. The van der Waals surface area contributed by atoms with Gasteiger partial charge in [0.2, 0.25) is 0 Å². The Morgan fingerprint density at radius 1 is 1.40 bits per heavy atom. The molecule has 0 unspecified atom stereocenters. The molecule has 0 saturated carbocycles. The maximum Gasteiger partial charge on any atom is 0.560 e. The first-order valence-corrected chi connectivity index (χ1v) is 10.7. The molecular weight excluding hydrogens is 275 g/mol. The molecule has 0 rings (SSSR count). The van der Waals surface area contributed by atoms with Gasteiger partial charge < -0.3 is 0 Å². The molecule has 0 radical (unpaired) electrons. The summed E-state index contributed by atoms with van der Waals surface area (Å²) in [4.78, 5) is 0. The molecule has 0 aromatic carbocycles. The second-order valence-electron chi connectivity index (χ2n) is 0.101. The minimum Gasteiger partial charge on any atom is -0.280 e. The van der Waals surface area contributed by atoms with E-state index in [1.165, 1.54) is 0 Å². The summed E-state index contributed by atoms with van der Waals surface area (Å²) in [5, 5.41) is 0. The van der Waals surface area contributed by atoms with Gasteiger partial charge in [0.25, 0.3) is 0 Å². The topological polar surface area (TPSA) is 0 Å². The molecule has 0 aromatic heterocycles. The maximum absolute atomic E-state index is 3.20. The Kier molecular flexibility index (Phi) is 33.5. The predicted octanol–water partition coefficient (Wildman–Crippen LogP) is 1.25. The second-order valence-corrected chi connectivity index (χ2v) is 8.18. The molecule has 0 bridgehead atoms. The number of hydrogen-bond donors (Lipinski definition) is 0. The first kappa shape index (κ1) is 10.3. The van der Waals surface area contributed by atoms with Crippen molar-refractivity contribution in [3.8, 4) is 0 Å². The van der Waals surface area contributed by atoms with Crippen LogP contribution in [0.15, 0.2) is 0 Å². The molecule has 0 amide bonds. The van der Waals surface area contributed by atoms with Gasteiger partial charge >= 0.3 is 37.9 Å². The Hall–Kier alpha value is 2.25. The molecule has 0 aliphatic carbocycles. The maximum atomic E-state index is 3.20. The molecule has 0 nitrogen and oxygen atoms in total. The molecule has 0 fully saturated rings. The van der Waals surface area contributed by atoms with Gasteiger partial charge in [-0.3, -0.25) is 25.8 Å². The normalized spacial score (nSPS) is 3.20. The number of rotatable bonds is 0. The van der Waals surface area contributed by atoms with Gasteiger partial charge in [0, 0.05) is 0 Å². The molecule has 5 heavy (non-hydrogen) atoms. The zero-order valence-corrected chi connectivity index (χ0v) is 9.37. The van der Waals surface area contributed by atoms with E-state index in [-0.39, 0.29) is 16.0 Å². The molecule has 0 aliphatic heterocycles. The Morgan fingerprint density at radius 2 is 1.40 bits per heavy atom. The SMILES string of the molecule is C[SeH].[Br][Mg][Br]. The van der Waals surface area contributed by atoms with Gasteiger partial charge in [-0.05, 0) is 0 Å². The third-order valence-corrected chi connectivity index (χ3v) is 0. The van der Waals surface area contributed by atoms with Crippen molar-refractivity contribution in [1.29, 1.82) is 0 Å². The zero-order valence-electron chi connectivity index (χ0n) is 2.91. The van der Waals surface area contributed by atoms with Crippen LogP contribution in [-0.2, 0) is 0 Å². The van der Waals surface area contributed by atoms with E-state index >= 15 is 0 Å². The smallest absolute Gasteiger partial charge is 0.280 e. The quantitative estimate of drug-likeness (QED) is 0.585. The summed E-state index contributed by atoms with van der Waals surface area (Å²) in [6, 6.07) is 0. The van der Waals surface area contributed by atoms with Crippen LogP contribution >= 0.6 is 25.8 Å². The Bertz CT molecular complexity index is 9.61. The summed E-state index contributed by atoms with van der Waals surface area (Å²) in [7, 11) is 0. The van der Waals surface area contributed by atoms with Gasteiger partial charge in [-0.15, -0.1) is 0 Å². The molecule has 30 valence electrons. The first-order chi connectivity index (χ1) is 2.41. The van der Waals surface area contributed by atoms with Crippen LogP contribution in [0.4, 0.5) is 0 Å². The van der Waals surface area contributed by atoms with Crippen molar-refractivity contribution >= 4 is 57.8 Å². The summed E-state index contributed by atoms with van der Waals surface area (Å²) in [6.07, 6.45) is 0. The standard InChI is InChI=1S/CH4Se.2BrH.Mg/c1-2;;;/h2H,1H3;2*1H;/q;;;+2/p-2. The minimum atomic E-state index is 0.0417. The molecule has 0 heterocycles. The molecule has 0 atom stereocenters. The Morgan fingerprint density at radius 3 is 1.40 bits per heavy atom. The number of hydrogen-bond acceptors (Lipinski definition) is 0. The fourth-order valence-electron chi connectivity index (χ4n) is 0. The van der Waals surface area contributed by atoms with E-state index in [0.717, 1.165) is 0 Å². The van der Waals surface area contributed by atoms with E-state index < -0.39 is 0 Å².